The first-order chi connectivity index (χ1) is 10.7. The zero-order valence-corrected chi connectivity index (χ0v) is 14.2. The van der Waals surface area contributed by atoms with Gasteiger partial charge in [-0.3, -0.25) is 0 Å². The summed E-state index contributed by atoms with van der Waals surface area (Å²) < 4.78 is 49.2. The minimum atomic E-state index is -4.35. The molecule has 0 amide bonds. The Morgan fingerprint density at radius 2 is 1.04 bits per heavy atom. The number of benzene rings is 2. The monoisotopic (exact) mass is 352 g/mol. The maximum Gasteiger partial charge on any atom is 0.275 e. The van der Waals surface area contributed by atoms with Crippen LogP contribution >= 0.6 is 0 Å². The highest BCUT2D eigenvalue weighted by atomic mass is 32.3. The van der Waals surface area contributed by atoms with Gasteiger partial charge < -0.3 is 5.84 Å². The smallest absolute Gasteiger partial charge is 0.275 e. The van der Waals surface area contributed by atoms with Crippen LogP contribution in [0.2, 0.25) is 0 Å². The van der Waals surface area contributed by atoms with E-state index in [9.17, 15) is 16.8 Å². The van der Waals surface area contributed by atoms with Gasteiger partial charge in [0.05, 0.1) is 9.79 Å². The fourth-order valence-corrected chi connectivity index (χ4v) is 5.32. The Morgan fingerprint density at radius 1 is 0.739 bits per heavy atom. The first kappa shape index (κ1) is 17.2. The third kappa shape index (κ3) is 3.27. The second-order valence-electron chi connectivity index (χ2n) is 5.03. The Bertz CT molecular complexity index is 866. The van der Waals surface area contributed by atoms with Crippen molar-refractivity contribution in [2.24, 2.45) is 10.9 Å². The standard InChI is InChI=1S/C15H16N2O4S2/c1-11-3-7-13(8-4-11)22(18,19)15(17-16)23(20,21)14-9-5-12(2)6-10-14/h3-10H,16H2,1-2H3. The summed E-state index contributed by atoms with van der Waals surface area (Å²) in [6, 6.07) is 11.6. The minimum absolute atomic E-state index is 0.178. The molecule has 0 saturated carbocycles. The van der Waals surface area contributed by atoms with Crippen molar-refractivity contribution in [2.45, 2.75) is 23.6 Å². The van der Waals surface area contributed by atoms with Gasteiger partial charge in [0, 0.05) is 0 Å². The van der Waals surface area contributed by atoms with Gasteiger partial charge in [-0.15, -0.1) is 0 Å². The molecule has 0 unspecified atom stereocenters. The van der Waals surface area contributed by atoms with Crippen molar-refractivity contribution >= 4 is 24.1 Å². The third-order valence-electron chi connectivity index (χ3n) is 3.23. The molecule has 8 heteroatoms. The number of hydrazone groups is 1. The maximum atomic E-state index is 12.6. The van der Waals surface area contributed by atoms with E-state index < -0.39 is 24.1 Å². The molecular formula is C15H16N2O4S2. The number of sulfone groups is 2. The lowest BCUT2D eigenvalue weighted by molar-refractivity contribution is 0.602. The molecule has 2 aromatic carbocycles. The number of nitrogens with two attached hydrogens (primary N) is 1. The summed E-state index contributed by atoms with van der Waals surface area (Å²) in [5.41, 5.74) is 1.69. The molecule has 0 spiro atoms. The first-order valence-electron chi connectivity index (χ1n) is 6.61. The fraction of sp³-hybridized carbons (Fsp3) is 0.133. The lowest BCUT2D eigenvalue weighted by Crippen LogP contribution is -2.26. The molecule has 0 atom stereocenters. The third-order valence-corrected chi connectivity index (χ3v) is 7.46. The van der Waals surface area contributed by atoms with Crippen molar-refractivity contribution in [1.82, 2.24) is 0 Å². The van der Waals surface area contributed by atoms with Gasteiger partial charge in [0.2, 0.25) is 19.7 Å². The van der Waals surface area contributed by atoms with Crippen LogP contribution in [0.4, 0.5) is 0 Å². The highest BCUT2D eigenvalue weighted by Gasteiger charge is 2.35. The Kier molecular flexibility index (Phi) is 4.58. The summed E-state index contributed by atoms with van der Waals surface area (Å²) in [6.07, 6.45) is 0. The van der Waals surface area contributed by atoms with Crippen molar-refractivity contribution in [3.8, 4) is 0 Å². The molecule has 0 aromatic heterocycles. The van der Waals surface area contributed by atoms with Gasteiger partial charge in [-0.05, 0) is 38.1 Å². The van der Waals surface area contributed by atoms with Gasteiger partial charge in [0.25, 0.3) is 4.38 Å². The summed E-state index contributed by atoms with van der Waals surface area (Å²) in [5, 5.41) is 3.07. The highest BCUT2D eigenvalue weighted by molar-refractivity contribution is 8.31. The molecule has 0 saturated heterocycles. The molecule has 0 aliphatic rings. The molecule has 0 bridgehead atoms. The van der Waals surface area contributed by atoms with Crippen LogP contribution in [0.25, 0.3) is 0 Å². The molecule has 0 radical (unpaired) electrons. The van der Waals surface area contributed by atoms with E-state index in [0.717, 1.165) is 11.1 Å². The predicted octanol–water partition coefficient (Wildman–Crippen LogP) is 1.78. The highest BCUT2D eigenvalue weighted by Crippen LogP contribution is 2.22. The fourth-order valence-electron chi connectivity index (χ4n) is 1.92. The molecule has 6 nitrogen and oxygen atoms in total. The lowest BCUT2D eigenvalue weighted by atomic mass is 10.2. The summed E-state index contributed by atoms with van der Waals surface area (Å²) in [4.78, 5) is -0.356. The molecule has 0 heterocycles. The minimum Gasteiger partial charge on any atom is -0.321 e. The van der Waals surface area contributed by atoms with Crippen LogP contribution in [-0.2, 0) is 19.7 Å². The van der Waals surface area contributed by atoms with Crippen LogP contribution in [0.5, 0.6) is 0 Å². The molecule has 122 valence electrons. The van der Waals surface area contributed by atoms with E-state index in [2.05, 4.69) is 5.10 Å². The molecule has 2 aromatic rings. The van der Waals surface area contributed by atoms with E-state index in [-0.39, 0.29) is 9.79 Å². The van der Waals surface area contributed by atoms with Gasteiger partial charge in [-0.2, -0.15) is 5.10 Å². The van der Waals surface area contributed by atoms with E-state index in [1.165, 1.54) is 24.3 Å². The summed E-state index contributed by atoms with van der Waals surface area (Å²) >= 11 is 0. The van der Waals surface area contributed by atoms with Crippen LogP contribution in [0, 0.1) is 13.8 Å². The molecular weight excluding hydrogens is 336 g/mol. The molecule has 2 N–H and O–H groups in total. The van der Waals surface area contributed by atoms with Crippen LogP contribution in [-0.4, -0.2) is 21.2 Å². The van der Waals surface area contributed by atoms with Crippen molar-refractivity contribution in [3.05, 3.63) is 59.7 Å². The largest absolute Gasteiger partial charge is 0.321 e. The van der Waals surface area contributed by atoms with Gasteiger partial charge in [0.1, 0.15) is 0 Å². The number of hydrogen-bond donors (Lipinski definition) is 1. The molecule has 23 heavy (non-hydrogen) atoms. The average molecular weight is 352 g/mol. The number of rotatable bonds is 2. The Labute approximate surface area is 135 Å². The maximum absolute atomic E-state index is 12.6. The topological polar surface area (TPSA) is 107 Å². The second kappa shape index (κ2) is 6.13. The Hall–Kier alpha value is -2.19. The van der Waals surface area contributed by atoms with E-state index in [1.54, 1.807) is 38.1 Å². The Balaban J connectivity index is 2.59. The van der Waals surface area contributed by atoms with E-state index in [0.29, 0.717) is 0 Å². The van der Waals surface area contributed by atoms with Crippen LogP contribution in [0.15, 0.2) is 63.4 Å². The van der Waals surface area contributed by atoms with E-state index in [4.69, 9.17) is 5.84 Å². The Morgan fingerprint density at radius 3 is 1.30 bits per heavy atom. The molecule has 0 aliphatic heterocycles. The van der Waals surface area contributed by atoms with Crippen molar-refractivity contribution < 1.29 is 16.8 Å². The van der Waals surface area contributed by atoms with Gasteiger partial charge in [-0.25, -0.2) is 16.8 Å². The molecule has 0 aliphatic carbocycles. The average Bonchev–Trinajstić information content (AvgIpc) is 2.48. The zero-order valence-electron chi connectivity index (χ0n) is 12.6. The normalized spacial score (nSPS) is 11.9. The summed E-state index contributed by atoms with van der Waals surface area (Å²) in [7, 11) is -8.69. The van der Waals surface area contributed by atoms with E-state index in [1.807, 2.05) is 0 Å². The molecule has 0 fully saturated rings. The quantitative estimate of drug-likeness (QED) is 0.384. The lowest BCUT2D eigenvalue weighted by Gasteiger charge is -2.09. The van der Waals surface area contributed by atoms with E-state index >= 15 is 0 Å². The van der Waals surface area contributed by atoms with Crippen LogP contribution in [0.3, 0.4) is 0 Å². The second-order valence-corrected chi connectivity index (χ2v) is 9.02. The van der Waals surface area contributed by atoms with Gasteiger partial charge in [-0.1, -0.05) is 35.4 Å². The van der Waals surface area contributed by atoms with Crippen LogP contribution < -0.4 is 5.84 Å². The molecule has 2 rings (SSSR count). The SMILES string of the molecule is Cc1ccc(S(=O)(=O)C(=NN)S(=O)(=O)c2ccc(C)cc2)cc1. The van der Waals surface area contributed by atoms with Crippen molar-refractivity contribution in [2.75, 3.05) is 0 Å². The predicted molar refractivity (Wildman–Crippen MR) is 88.4 cm³/mol. The summed E-state index contributed by atoms with van der Waals surface area (Å²) in [5.74, 6) is 5.11. The number of aryl methyl sites for hydroxylation is 2. The van der Waals surface area contributed by atoms with Crippen molar-refractivity contribution in [3.63, 3.8) is 0 Å². The number of hydrogen-bond acceptors (Lipinski definition) is 6. The van der Waals surface area contributed by atoms with Gasteiger partial charge in [0.15, 0.2) is 0 Å². The van der Waals surface area contributed by atoms with Gasteiger partial charge >= 0.3 is 0 Å². The van der Waals surface area contributed by atoms with Crippen molar-refractivity contribution in [1.29, 1.82) is 0 Å². The first-order valence-corrected chi connectivity index (χ1v) is 9.57. The number of nitrogens with zero attached hydrogens (tertiary/aromatic N) is 1. The van der Waals surface area contributed by atoms with Crippen LogP contribution in [0.1, 0.15) is 11.1 Å². The summed E-state index contributed by atoms with van der Waals surface area (Å²) in [6.45, 7) is 3.58. The zero-order chi connectivity index (χ0) is 17.3.